The molecule has 2 aromatic rings. The number of aromatic nitrogens is 2. The largest absolute Gasteiger partial charge is 0.426 e. The average Bonchev–Trinajstić information content (AvgIpc) is 2.56. The second kappa shape index (κ2) is 3.54. The third kappa shape index (κ3) is 1.93. The Kier molecular flexibility index (Phi) is 2.23. The molecule has 0 aliphatic rings. The van der Waals surface area contributed by atoms with E-state index in [1.165, 1.54) is 5.56 Å². The molecule has 0 aliphatic carbocycles. The molecular formula is C11H12N2O. The summed E-state index contributed by atoms with van der Waals surface area (Å²) < 4.78 is 5.49. The Labute approximate surface area is 82.8 Å². The van der Waals surface area contributed by atoms with Crippen molar-refractivity contribution in [3.05, 3.63) is 41.7 Å². The minimum absolute atomic E-state index is 0.534. The van der Waals surface area contributed by atoms with E-state index in [2.05, 4.69) is 9.97 Å². The minimum Gasteiger partial charge on any atom is -0.426 e. The van der Waals surface area contributed by atoms with Gasteiger partial charge in [-0.15, -0.1) is 0 Å². The lowest BCUT2D eigenvalue weighted by Crippen LogP contribution is -1.85. The van der Waals surface area contributed by atoms with Gasteiger partial charge in [0.15, 0.2) is 0 Å². The number of benzene rings is 1. The van der Waals surface area contributed by atoms with Gasteiger partial charge < -0.3 is 9.72 Å². The van der Waals surface area contributed by atoms with E-state index in [-0.39, 0.29) is 0 Å². The van der Waals surface area contributed by atoms with Crippen LogP contribution in [0.4, 0.5) is 0 Å². The molecule has 0 atom stereocenters. The lowest BCUT2D eigenvalue weighted by molar-refractivity contribution is 0.447. The first-order chi connectivity index (χ1) is 6.74. The number of nitrogens with one attached hydrogen (secondary N) is 1. The number of aromatic amines is 1. The molecule has 0 amide bonds. The van der Waals surface area contributed by atoms with Crippen molar-refractivity contribution < 1.29 is 4.74 Å². The Morgan fingerprint density at radius 3 is 2.43 bits per heavy atom. The van der Waals surface area contributed by atoms with Crippen LogP contribution in [-0.4, -0.2) is 9.97 Å². The Bertz CT molecular complexity index is 417. The van der Waals surface area contributed by atoms with Gasteiger partial charge in [-0.3, -0.25) is 0 Å². The zero-order valence-electron chi connectivity index (χ0n) is 8.24. The van der Waals surface area contributed by atoms with Crippen molar-refractivity contribution in [3.8, 4) is 11.8 Å². The number of ether oxygens (including phenoxy) is 1. The Morgan fingerprint density at radius 2 is 1.86 bits per heavy atom. The molecule has 0 aliphatic heterocycles. The maximum absolute atomic E-state index is 5.49. The second-order valence-corrected chi connectivity index (χ2v) is 3.29. The van der Waals surface area contributed by atoms with Crippen LogP contribution in [0, 0.1) is 13.8 Å². The Morgan fingerprint density at radius 1 is 1.14 bits per heavy atom. The van der Waals surface area contributed by atoms with Gasteiger partial charge in [-0.1, -0.05) is 17.7 Å². The van der Waals surface area contributed by atoms with Crippen molar-refractivity contribution in [3.63, 3.8) is 0 Å². The molecule has 1 aromatic heterocycles. The molecule has 0 bridgehead atoms. The maximum atomic E-state index is 5.49. The molecule has 1 heterocycles. The molecule has 1 aromatic carbocycles. The van der Waals surface area contributed by atoms with E-state index in [9.17, 15) is 0 Å². The zero-order valence-corrected chi connectivity index (χ0v) is 8.24. The number of imidazole rings is 1. The van der Waals surface area contributed by atoms with Crippen LogP contribution in [0.5, 0.6) is 11.8 Å². The highest BCUT2D eigenvalue weighted by Crippen LogP contribution is 2.18. The number of hydrogen-bond acceptors (Lipinski definition) is 2. The van der Waals surface area contributed by atoms with Crippen LogP contribution in [0.25, 0.3) is 0 Å². The highest BCUT2D eigenvalue weighted by molar-refractivity contribution is 5.28. The van der Waals surface area contributed by atoms with Crippen molar-refractivity contribution >= 4 is 0 Å². The number of rotatable bonds is 2. The lowest BCUT2D eigenvalue weighted by Gasteiger charge is -2.01. The first-order valence-corrected chi connectivity index (χ1v) is 4.50. The van der Waals surface area contributed by atoms with Crippen molar-refractivity contribution in [2.24, 2.45) is 0 Å². The van der Waals surface area contributed by atoms with Crippen LogP contribution in [0.1, 0.15) is 11.3 Å². The highest BCUT2D eigenvalue weighted by atomic mass is 16.5. The summed E-state index contributed by atoms with van der Waals surface area (Å²) in [5.74, 6) is 0.796. The second-order valence-electron chi connectivity index (χ2n) is 3.29. The summed E-state index contributed by atoms with van der Waals surface area (Å²) in [5, 5.41) is 0. The summed E-state index contributed by atoms with van der Waals surface area (Å²) in [6.07, 6.45) is 1.74. The van der Waals surface area contributed by atoms with Crippen LogP contribution in [-0.2, 0) is 0 Å². The standard InChI is InChI=1S/C11H12N2O/c1-8-3-5-10(6-4-8)14-11-12-7-9(2)13-11/h3-7H,1-2H3,(H,12,13). The lowest BCUT2D eigenvalue weighted by atomic mass is 10.2. The van der Waals surface area contributed by atoms with Crippen LogP contribution >= 0.6 is 0 Å². The molecule has 0 saturated carbocycles. The fourth-order valence-corrected chi connectivity index (χ4v) is 1.16. The summed E-state index contributed by atoms with van der Waals surface area (Å²) in [6.45, 7) is 3.98. The minimum atomic E-state index is 0.534. The quantitative estimate of drug-likeness (QED) is 0.786. The van der Waals surface area contributed by atoms with E-state index in [1.54, 1.807) is 6.20 Å². The molecule has 0 radical (unpaired) electrons. The maximum Gasteiger partial charge on any atom is 0.299 e. The molecule has 3 nitrogen and oxygen atoms in total. The van der Waals surface area contributed by atoms with Gasteiger partial charge in [0, 0.05) is 5.69 Å². The van der Waals surface area contributed by atoms with Gasteiger partial charge in [-0.25, -0.2) is 4.98 Å². The molecule has 0 fully saturated rings. The van der Waals surface area contributed by atoms with Crippen molar-refractivity contribution in [2.45, 2.75) is 13.8 Å². The molecule has 72 valence electrons. The molecule has 1 N–H and O–H groups in total. The average molecular weight is 188 g/mol. The van der Waals surface area contributed by atoms with Gasteiger partial charge in [0.05, 0.1) is 6.20 Å². The zero-order chi connectivity index (χ0) is 9.97. The van der Waals surface area contributed by atoms with Gasteiger partial charge in [0.25, 0.3) is 6.01 Å². The number of aryl methyl sites for hydroxylation is 2. The molecule has 3 heteroatoms. The molecule has 2 rings (SSSR count). The van der Waals surface area contributed by atoms with Crippen LogP contribution in [0.15, 0.2) is 30.5 Å². The predicted molar refractivity (Wildman–Crippen MR) is 54.6 cm³/mol. The summed E-state index contributed by atoms with van der Waals surface area (Å²) in [6, 6.07) is 8.39. The fourth-order valence-electron chi connectivity index (χ4n) is 1.16. The SMILES string of the molecule is Cc1ccc(Oc2ncc(C)[nH]2)cc1. The summed E-state index contributed by atoms with van der Waals surface area (Å²) in [7, 11) is 0. The third-order valence-corrected chi connectivity index (χ3v) is 1.92. The third-order valence-electron chi connectivity index (χ3n) is 1.92. The number of hydrogen-bond donors (Lipinski definition) is 1. The monoisotopic (exact) mass is 188 g/mol. The topological polar surface area (TPSA) is 37.9 Å². The normalized spacial score (nSPS) is 10.1. The van der Waals surface area contributed by atoms with Gasteiger partial charge >= 0.3 is 0 Å². The summed E-state index contributed by atoms with van der Waals surface area (Å²) >= 11 is 0. The van der Waals surface area contributed by atoms with E-state index < -0.39 is 0 Å². The van der Waals surface area contributed by atoms with Gasteiger partial charge in [-0.2, -0.15) is 0 Å². The Balaban J connectivity index is 2.15. The highest BCUT2D eigenvalue weighted by Gasteiger charge is 1.99. The van der Waals surface area contributed by atoms with Crippen LogP contribution < -0.4 is 4.74 Å². The van der Waals surface area contributed by atoms with Crippen LogP contribution in [0.3, 0.4) is 0 Å². The molecule has 0 saturated heterocycles. The Hall–Kier alpha value is -1.77. The molecule has 0 unspecified atom stereocenters. The van der Waals surface area contributed by atoms with Gasteiger partial charge in [0.2, 0.25) is 0 Å². The summed E-state index contributed by atoms with van der Waals surface area (Å²) in [5.41, 5.74) is 2.21. The van der Waals surface area contributed by atoms with E-state index in [1.807, 2.05) is 38.1 Å². The molecular weight excluding hydrogens is 176 g/mol. The smallest absolute Gasteiger partial charge is 0.299 e. The fraction of sp³-hybridized carbons (Fsp3) is 0.182. The number of H-pyrrole nitrogens is 1. The van der Waals surface area contributed by atoms with Crippen molar-refractivity contribution in [2.75, 3.05) is 0 Å². The first-order valence-electron chi connectivity index (χ1n) is 4.50. The van der Waals surface area contributed by atoms with Gasteiger partial charge in [0.1, 0.15) is 5.75 Å². The summed E-state index contributed by atoms with van der Waals surface area (Å²) in [4.78, 5) is 7.06. The van der Waals surface area contributed by atoms with E-state index in [4.69, 9.17) is 4.74 Å². The molecule has 14 heavy (non-hydrogen) atoms. The van der Waals surface area contributed by atoms with Crippen LogP contribution in [0.2, 0.25) is 0 Å². The van der Waals surface area contributed by atoms with Gasteiger partial charge in [-0.05, 0) is 26.0 Å². The van der Waals surface area contributed by atoms with E-state index in [0.717, 1.165) is 11.4 Å². The van der Waals surface area contributed by atoms with Crippen molar-refractivity contribution in [1.82, 2.24) is 9.97 Å². The van der Waals surface area contributed by atoms with Crippen molar-refractivity contribution in [1.29, 1.82) is 0 Å². The van der Waals surface area contributed by atoms with E-state index in [0.29, 0.717) is 6.01 Å². The molecule has 0 spiro atoms. The number of nitrogens with zero attached hydrogens (tertiary/aromatic N) is 1. The van der Waals surface area contributed by atoms with E-state index >= 15 is 0 Å². The predicted octanol–water partition coefficient (Wildman–Crippen LogP) is 2.82. The first kappa shape index (κ1) is 8.81.